The highest BCUT2D eigenvalue weighted by molar-refractivity contribution is 8.18. The van der Waals surface area contributed by atoms with Gasteiger partial charge in [-0.1, -0.05) is 48.0 Å². The van der Waals surface area contributed by atoms with Gasteiger partial charge in [0.15, 0.2) is 0 Å². The van der Waals surface area contributed by atoms with E-state index in [1.165, 1.54) is 36.4 Å². The molecule has 10 heteroatoms. The zero-order chi connectivity index (χ0) is 24.2. The van der Waals surface area contributed by atoms with Gasteiger partial charge in [-0.05, 0) is 47.7 Å². The fraction of sp³-hybridized carbons (Fsp3) is 0.0833. The van der Waals surface area contributed by atoms with Gasteiger partial charge in [0.25, 0.3) is 16.8 Å². The summed E-state index contributed by atoms with van der Waals surface area (Å²) < 4.78 is 19.6. The van der Waals surface area contributed by atoms with Gasteiger partial charge in [-0.15, -0.1) is 0 Å². The summed E-state index contributed by atoms with van der Waals surface area (Å²) in [5, 5.41) is 11.0. The molecular formula is C24H16ClFN2O5S. The number of ether oxygens (including phenoxy) is 1. The van der Waals surface area contributed by atoms with Crippen LogP contribution >= 0.6 is 23.4 Å². The van der Waals surface area contributed by atoms with Crippen LogP contribution in [0.5, 0.6) is 5.75 Å². The Morgan fingerprint density at radius 2 is 1.85 bits per heavy atom. The van der Waals surface area contributed by atoms with Crippen LogP contribution in [0.4, 0.5) is 14.9 Å². The Labute approximate surface area is 202 Å². The van der Waals surface area contributed by atoms with Crippen LogP contribution < -0.4 is 4.74 Å². The summed E-state index contributed by atoms with van der Waals surface area (Å²) in [7, 11) is 0. The molecule has 0 N–H and O–H groups in total. The van der Waals surface area contributed by atoms with E-state index in [0.29, 0.717) is 11.3 Å². The quantitative estimate of drug-likeness (QED) is 0.219. The lowest BCUT2D eigenvalue weighted by atomic mass is 10.1. The highest BCUT2D eigenvalue weighted by Gasteiger charge is 2.36. The van der Waals surface area contributed by atoms with Crippen molar-refractivity contribution in [3.8, 4) is 5.75 Å². The predicted molar refractivity (Wildman–Crippen MR) is 127 cm³/mol. The number of halogens is 2. The maximum atomic E-state index is 14.0. The maximum absolute atomic E-state index is 14.0. The SMILES string of the molecule is O=C1S/C(=C/c2cccc(OCc3c(F)cccc3Cl)c2)C(=O)N1Cc1ccccc1[N+](=O)[O-]. The number of amides is 2. The summed E-state index contributed by atoms with van der Waals surface area (Å²) in [6.45, 7) is -0.285. The van der Waals surface area contributed by atoms with E-state index in [0.717, 1.165) is 16.7 Å². The minimum absolute atomic E-state index is 0.0820. The van der Waals surface area contributed by atoms with Crippen molar-refractivity contribution >= 4 is 46.3 Å². The monoisotopic (exact) mass is 498 g/mol. The second kappa shape index (κ2) is 10.1. The second-order valence-corrected chi connectivity index (χ2v) is 8.62. The number of carbonyl (C=O) groups is 2. The van der Waals surface area contributed by atoms with Crippen LogP contribution in [0.2, 0.25) is 5.02 Å². The summed E-state index contributed by atoms with van der Waals surface area (Å²) in [6, 6.07) is 17.1. The smallest absolute Gasteiger partial charge is 0.293 e. The van der Waals surface area contributed by atoms with Crippen LogP contribution in [0.25, 0.3) is 6.08 Å². The van der Waals surface area contributed by atoms with Gasteiger partial charge in [0.1, 0.15) is 18.2 Å². The van der Waals surface area contributed by atoms with E-state index in [-0.39, 0.29) is 39.9 Å². The lowest BCUT2D eigenvalue weighted by molar-refractivity contribution is -0.385. The summed E-state index contributed by atoms with van der Waals surface area (Å²) in [6.07, 6.45) is 1.53. The predicted octanol–water partition coefficient (Wildman–Crippen LogP) is 6.20. The number of hydrogen-bond acceptors (Lipinski definition) is 6. The first-order chi connectivity index (χ1) is 16.3. The number of imide groups is 1. The molecule has 0 radical (unpaired) electrons. The second-order valence-electron chi connectivity index (χ2n) is 7.22. The Kier molecular flexibility index (Phi) is 6.95. The van der Waals surface area contributed by atoms with Crippen LogP contribution in [-0.2, 0) is 17.9 Å². The van der Waals surface area contributed by atoms with Crippen LogP contribution in [0.3, 0.4) is 0 Å². The average Bonchev–Trinajstić information content (AvgIpc) is 3.06. The third-order valence-corrected chi connectivity index (χ3v) is 6.25. The van der Waals surface area contributed by atoms with Crippen molar-refractivity contribution < 1.29 is 23.6 Å². The Morgan fingerprint density at radius 3 is 2.62 bits per heavy atom. The molecule has 7 nitrogen and oxygen atoms in total. The third-order valence-electron chi connectivity index (χ3n) is 4.99. The van der Waals surface area contributed by atoms with Crippen molar-refractivity contribution in [1.29, 1.82) is 0 Å². The minimum atomic E-state index is -0.551. The molecule has 1 heterocycles. The minimum Gasteiger partial charge on any atom is -0.489 e. The first-order valence-corrected chi connectivity index (χ1v) is 11.2. The van der Waals surface area contributed by atoms with Gasteiger partial charge in [0, 0.05) is 17.2 Å². The summed E-state index contributed by atoms with van der Waals surface area (Å²) in [5.74, 6) is -0.596. The molecule has 0 saturated carbocycles. The molecule has 1 saturated heterocycles. The van der Waals surface area contributed by atoms with Gasteiger partial charge in [-0.25, -0.2) is 4.39 Å². The Hall–Kier alpha value is -3.69. The molecule has 0 atom stereocenters. The molecule has 0 bridgehead atoms. The van der Waals surface area contributed by atoms with Crippen molar-refractivity contribution in [1.82, 2.24) is 4.90 Å². The molecule has 1 fully saturated rings. The average molecular weight is 499 g/mol. The van der Waals surface area contributed by atoms with Gasteiger partial charge in [-0.2, -0.15) is 0 Å². The summed E-state index contributed by atoms with van der Waals surface area (Å²) in [5.41, 5.74) is 0.919. The molecule has 0 unspecified atom stereocenters. The molecule has 1 aliphatic heterocycles. The largest absolute Gasteiger partial charge is 0.489 e. The van der Waals surface area contributed by atoms with Crippen molar-refractivity contribution in [3.63, 3.8) is 0 Å². The lowest BCUT2D eigenvalue weighted by Gasteiger charge is -2.12. The molecule has 3 aromatic rings. The maximum Gasteiger partial charge on any atom is 0.293 e. The van der Waals surface area contributed by atoms with Gasteiger partial charge in [-0.3, -0.25) is 24.6 Å². The van der Waals surface area contributed by atoms with E-state index in [9.17, 15) is 24.1 Å². The number of thioether (sulfide) groups is 1. The molecule has 0 aromatic heterocycles. The number of hydrogen-bond donors (Lipinski definition) is 0. The highest BCUT2D eigenvalue weighted by Crippen LogP contribution is 2.35. The normalized spacial score (nSPS) is 14.6. The number of nitro benzene ring substituents is 1. The van der Waals surface area contributed by atoms with Crippen molar-refractivity contribution in [2.75, 3.05) is 0 Å². The summed E-state index contributed by atoms with van der Waals surface area (Å²) >= 11 is 6.78. The van der Waals surface area contributed by atoms with E-state index >= 15 is 0 Å². The van der Waals surface area contributed by atoms with Crippen LogP contribution in [0.15, 0.2) is 71.6 Å². The highest BCUT2D eigenvalue weighted by atomic mass is 35.5. The van der Waals surface area contributed by atoms with Crippen LogP contribution in [0, 0.1) is 15.9 Å². The zero-order valence-electron chi connectivity index (χ0n) is 17.4. The van der Waals surface area contributed by atoms with Crippen molar-refractivity contribution in [3.05, 3.63) is 109 Å². The first kappa shape index (κ1) is 23.5. The van der Waals surface area contributed by atoms with Crippen molar-refractivity contribution in [2.24, 2.45) is 0 Å². The van der Waals surface area contributed by atoms with E-state index < -0.39 is 21.9 Å². The molecular weight excluding hydrogens is 483 g/mol. The number of benzene rings is 3. The fourth-order valence-corrected chi connectivity index (χ4v) is 4.36. The zero-order valence-corrected chi connectivity index (χ0v) is 19.0. The molecule has 0 spiro atoms. The molecule has 172 valence electrons. The van der Waals surface area contributed by atoms with Crippen molar-refractivity contribution in [2.45, 2.75) is 13.2 Å². The molecule has 34 heavy (non-hydrogen) atoms. The number of nitrogens with zero attached hydrogens (tertiary/aromatic N) is 2. The third kappa shape index (κ3) is 5.11. The molecule has 3 aromatic carbocycles. The van der Waals surface area contributed by atoms with Gasteiger partial charge in [0.2, 0.25) is 0 Å². The molecule has 4 rings (SSSR count). The van der Waals surface area contributed by atoms with Crippen LogP contribution in [-0.4, -0.2) is 21.0 Å². The van der Waals surface area contributed by atoms with E-state index in [1.54, 1.807) is 36.4 Å². The first-order valence-electron chi connectivity index (χ1n) is 9.97. The summed E-state index contributed by atoms with van der Waals surface area (Å²) in [4.78, 5) is 37.1. The van der Waals surface area contributed by atoms with E-state index in [4.69, 9.17) is 16.3 Å². The lowest BCUT2D eigenvalue weighted by Crippen LogP contribution is -2.27. The van der Waals surface area contributed by atoms with E-state index in [1.807, 2.05) is 0 Å². The molecule has 0 aliphatic carbocycles. The van der Waals surface area contributed by atoms with Gasteiger partial charge < -0.3 is 4.74 Å². The topological polar surface area (TPSA) is 89.8 Å². The fourth-order valence-electron chi connectivity index (χ4n) is 3.30. The number of carbonyl (C=O) groups excluding carboxylic acids is 2. The Balaban J connectivity index is 1.50. The number of nitro groups is 1. The Bertz CT molecular complexity index is 1310. The van der Waals surface area contributed by atoms with E-state index in [2.05, 4.69) is 0 Å². The molecule has 1 aliphatic rings. The van der Waals surface area contributed by atoms with Gasteiger partial charge >= 0.3 is 0 Å². The number of para-hydroxylation sites is 1. The molecule has 2 amide bonds. The Morgan fingerprint density at radius 1 is 1.09 bits per heavy atom. The van der Waals surface area contributed by atoms with Crippen LogP contribution in [0.1, 0.15) is 16.7 Å². The standard InChI is InChI=1S/C24H16ClFN2O5S/c25-19-8-4-9-20(26)18(19)14-33-17-7-3-5-15(11-17)12-22-23(29)27(24(30)34-22)13-16-6-1-2-10-21(16)28(31)32/h1-12H,13-14H2/b22-12+. The van der Waals surface area contributed by atoms with Gasteiger partial charge in [0.05, 0.1) is 21.4 Å². The number of rotatable bonds is 7.